The summed E-state index contributed by atoms with van der Waals surface area (Å²) in [4.78, 5) is 30.9. The average molecular weight is 549 g/mol. The highest BCUT2D eigenvalue weighted by atomic mass is 16.4. The lowest BCUT2D eigenvalue weighted by atomic mass is 10.0. The second-order valence-electron chi connectivity index (χ2n) is 9.71. The van der Waals surface area contributed by atoms with Crippen molar-refractivity contribution in [2.24, 2.45) is 0 Å². The number of rotatable bonds is 2. The number of aromatic hydroxyl groups is 4. The lowest BCUT2D eigenvalue weighted by molar-refractivity contribution is 0.395. The van der Waals surface area contributed by atoms with Gasteiger partial charge in [0.25, 0.3) is 0 Å². The molecule has 202 valence electrons. The number of phenols is 4. The van der Waals surface area contributed by atoms with Gasteiger partial charge in [-0.15, -0.1) is 0 Å². The van der Waals surface area contributed by atoms with Gasteiger partial charge in [-0.2, -0.15) is 0 Å². The molecular weight excluding hydrogens is 528 g/mol. The molecule has 0 atom stereocenters. The lowest BCUT2D eigenvalue weighted by Gasteiger charge is -2.10. The quantitative estimate of drug-likeness (QED) is 0.0926. The molecule has 8 rings (SSSR count). The summed E-state index contributed by atoms with van der Waals surface area (Å²) in [6, 6.07) is 23.2. The Bertz CT molecular complexity index is 2160. The zero-order valence-electron chi connectivity index (χ0n) is 21.1. The van der Waals surface area contributed by atoms with Crippen LogP contribution in [0.2, 0.25) is 0 Å². The van der Waals surface area contributed by atoms with E-state index in [-0.39, 0.29) is 21.5 Å². The Kier molecular flexibility index (Phi) is 5.20. The Hall–Kier alpha value is -5.90. The van der Waals surface area contributed by atoms with Gasteiger partial charge in [0.05, 0.1) is 10.8 Å². The normalized spacial score (nSPS) is 11.6. The lowest BCUT2D eigenvalue weighted by Crippen LogP contribution is -2.06. The van der Waals surface area contributed by atoms with Crippen LogP contribution < -0.4 is 11.3 Å². The summed E-state index contributed by atoms with van der Waals surface area (Å²) in [6.45, 7) is 0. The maximum absolute atomic E-state index is 12.0. The van der Waals surface area contributed by atoms with Gasteiger partial charge in [0.2, 0.25) is 11.5 Å². The highest BCUT2D eigenvalue weighted by molar-refractivity contribution is 6.22. The molecule has 0 saturated heterocycles. The third kappa shape index (κ3) is 3.80. The van der Waals surface area contributed by atoms with E-state index < -0.39 is 45.4 Å². The van der Waals surface area contributed by atoms with Crippen molar-refractivity contribution in [3.63, 3.8) is 0 Å². The van der Waals surface area contributed by atoms with Crippen molar-refractivity contribution in [2.45, 2.75) is 6.42 Å². The topological polar surface area (TPSA) is 173 Å². The first-order chi connectivity index (χ1) is 19.8. The van der Waals surface area contributed by atoms with E-state index in [2.05, 4.69) is 70.6 Å². The van der Waals surface area contributed by atoms with Crippen LogP contribution in [0, 0.1) is 0 Å². The zero-order valence-corrected chi connectivity index (χ0v) is 21.1. The summed E-state index contributed by atoms with van der Waals surface area (Å²) >= 11 is 0. The van der Waals surface area contributed by atoms with Crippen molar-refractivity contribution in [1.29, 1.82) is 0 Å². The molecule has 0 aliphatic rings. The summed E-state index contributed by atoms with van der Waals surface area (Å²) in [5.41, 5.74) is 2.20. The predicted octanol–water partition coefficient (Wildman–Crippen LogP) is 5.55. The van der Waals surface area contributed by atoms with Gasteiger partial charge in [-0.05, 0) is 47.2 Å². The number of aromatic amines is 2. The minimum absolute atomic E-state index is 0.00597. The van der Waals surface area contributed by atoms with E-state index in [1.165, 1.54) is 33.2 Å². The van der Waals surface area contributed by atoms with Crippen LogP contribution in [-0.4, -0.2) is 30.4 Å². The van der Waals surface area contributed by atoms with Crippen LogP contribution in [0.5, 0.6) is 23.0 Å². The number of hydrogen-bond acceptors (Lipinski definition) is 8. The first kappa shape index (κ1) is 24.2. The Labute approximate surface area is 228 Å². The third-order valence-electron chi connectivity index (χ3n) is 7.10. The number of phenolic OH excluding ortho intramolecular Hbond substituents is 4. The highest BCUT2D eigenvalue weighted by Crippen LogP contribution is 2.44. The molecule has 4 aromatic carbocycles. The number of para-hydroxylation sites is 2. The molecule has 0 aliphatic carbocycles. The van der Waals surface area contributed by atoms with E-state index in [0.717, 1.165) is 18.6 Å². The molecule has 0 amide bonds. The van der Waals surface area contributed by atoms with Gasteiger partial charge in [-0.3, -0.25) is 0 Å². The molecule has 0 fully saturated rings. The fourth-order valence-corrected chi connectivity index (χ4v) is 5.24. The first-order valence-electron chi connectivity index (χ1n) is 12.5. The number of nitrogens with one attached hydrogen (secondary N) is 2. The molecule has 41 heavy (non-hydrogen) atoms. The molecule has 10 nitrogen and oxygen atoms in total. The summed E-state index contributed by atoms with van der Waals surface area (Å²) in [5.74, 6) is -2.75. The SMILES string of the molecule is O=c1oc2c(O)c(O)cc3c(=O)oc4c(O)c(O)cc1c4c23.c1ccc2[nH]c(Cc3cc4ccccc4[nH]3)cc2c1. The van der Waals surface area contributed by atoms with E-state index >= 15 is 0 Å². The van der Waals surface area contributed by atoms with Crippen molar-refractivity contribution in [3.05, 3.63) is 105 Å². The van der Waals surface area contributed by atoms with Gasteiger partial charge >= 0.3 is 11.3 Å². The molecular formula is C31H20N2O8. The molecule has 6 N–H and O–H groups in total. The molecule has 10 heteroatoms. The standard InChI is InChI=1S/C17H14N2.C14H6O8/c1-3-7-16-12(5-1)9-14(18-16)11-15-10-13-6-2-4-8-17(13)19-15;15-5-1-3-7-8-4(14(20)22-11(7)9(5)17)2-6(16)10(18)12(8)21-13(3)19/h1-10,18-19H,11H2;1-2,15-18H. The summed E-state index contributed by atoms with van der Waals surface area (Å²) in [7, 11) is 0. The molecule has 0 unspecified atom stereocenters. The van der Waals surface area contributed by atoms with Gasteiger partial charge in [0.1, 0.15) is 0 Å². The second kappa shape index (κ2) is 8.82. The number of H-pyrrole nitrogens is 2. The molecule has 0 bridgehead atoms. The van der Waals surface area contributed by atoms with Crippen molar-refractivity contribution in [2.75, 3.05) is 0 Å². The number of benzene rings is 4. The molecule has 0 saturated carbocycles. The Morgan fingerprint density at radius 3 is 1.41 bits per heavy atom. The second-order valence-corrected chi connectivity index (χ2v) is 9.71. The zero-order chi connectivity index (χ0) is 28.4. The van der Waals surface area contributed by atoms with Crippen LogP contribution in [0.1, 0.15) is 11.4 Å². The highest BCUT2D eigenvalue weighted by Gasteiger charge is 2.25. The van der Waals surface area contributed by atoms with Gasteiger partial charge in [0.15, 0.2) is 22.7 Å². The van der Waals surface area contributed by atoms with Crippen LogP contribution in [0.4, 0.5) is 0 Å². The largest absolute Gasteiger partial charge is 0.504 e. The first-order valence-corrected chi connectivity index (χ1v) is 12.5. The van der Waals surface area contributed by atoms with Crippen molar-refractivity contribution in [1.82, 2.24) is 9.97 Å². The number of aromatic nitrogens is 2. The summed E-state index contributed by atoms with van der Waals surface area (Å²) in [5, 5.41) is 41.2. The summed E-state index contributed by atoms with van der Waals surface area (Å²) in [6.07, 6.45) is 0.906. The van der Waals surface area contributed by atoms with Crippen LogP contribution in [0.3, 0.4) is 0 Å². The maximum atomic E-state index is 12.0. The molecule has 0 spiro atoms. The number of hydrogen-bond donors (Lipinski definition) is 6. The molecule has 0 radical (unpaired) electrons. The van der Waals surface area contributed by atoms with E-state index in [4.69, 9.17) is 8.83 Å². The van der Waals surface area contributed by atoms with Crippen molar-refractivity contribution < 1.29 is 29.3 Å². The van der Waals surface area contributed by atoms with Crippen LogP contribution in [0.15, 0.2) is 91.2 Å². The smallest absolute Gasteiger partial charge is 0.344 e. The van der Waals surface area contributed by atoms with Gasteiger partial charge in [-0.1, -0.05) is 36.4 Å². The van der Waals surface area contributed by atoms with Crippen molar-refractivity contribution in [3.8, 4) is 23.0 Å². The minimum atomic E-state index is -0.941. The van der Waals surface area contributed by atoms with Gasteiger partial charge in [0, 0.05) is 39.6 Å². The van der Waals surface area contributed by atoms with Gasteiger partial charge < -0.3 is 39.2 Å². The summed E-state index contributed by atoms with van der Waals surface area (Å²) < 4.78 is 9.87. The Balaban J connectivity index is 0.000000136. The van der Waals surface area contributed by atoms with Crippen LogP contribution >= 0.6 is 0 Å². The van der Waals surface area contributed by atoms with E-state index in [0.29, 0.717) is 0 Å². The molecule has 4 aromatic heterocycles. The van der Waals surface area contributed by atoms with Crippen LogP contribution in [0.25, 0.3) is 54.5 Å². The number of fused-ring (bicyclic) bond motifs is 2. The third-order valence-corrected chi connectivity index (χ3v) is 7.10. The molecule has 8 aromatic rings. The molecule has 0 aliphatic heterocycles. The van der Waals surface area contributed by atoms with E-state index in [1.807, 2.05) is 0 Å². The predicted molar refractivity (Wildman–Crippen MR) is 153 cm³/mol. The molecule has 4 heterocycles. The van der Waals surface area contributed by atoms with Crippen LogP contribution in [-0.2, 0) is 6.42 Å². The van der Waals surface area contributed by atoms with Gasteiger partial charge in [-0.25, -0.2) is 9.59 Å². The maximum Gasteiger partial charge on any atom is 0.344 e. The fourth-order valence-electron chi connectivity index (χ4n) is 5.24. The Morgan fingerprint density at radius 2 is 1.00 bits per heavy atom. The monoisotopic (exact) mass is 548 g/mol. The van der Waals surface area contributed by atoms with E-state index in [9.17, 15) is 30.0 Å². The fraction of sp³-hybridized carbons (Fsp3) is 0.0323. The minimum Gasteiger partial charge on any atom is -0.504 e. The van der Waals surface area contributed by atoms with E-state index in [1.54, 1.807) is 0 Å². The average Bonchev–Trinajstić information content (AvgIpc) is 3.56. The Morgan fingerprint density at radius 1 is 0.585 bits per heavy atom. The van der Waals surface area contributed by atoms with Crippen molar-refractivity contribution >= 4 is 54.5 Å².